The maximum absolute atomic E-state index is 4.39. The molecule has 1 N–H and O–H groups in total. The van der Waals surface area contributed by atoms with Crippen molar-refractivity contribution < 1.29 is 0 Å². The number of fused-ring (bicyclic) bond motifs is 1. The van der Waals surface area contributed by atoms with Crippen molar-refractivity contribution in [2.45, 2.75) is 6.92 Å². The van der Waals surface area contributed by atoms with Crippen LogP contribution in [0.5, 0.6) is 0 Å². The van der Waals surface area contributed by atoms with Crippen LogP contribution in [0.2, 0.25) is 0 Å². The molecule has 3 aromatic rings. The van der Waals surface area contributed by atoms with Crippen LogP contribution in [0.1, 0.15) is 5.82 Å². The molecule has 0 saturated heterocycles. The number of benzene rings is 1. The number of nitrogens with one attached hydrogen (secondary N) is 1. The number of aryl methyl sites for hydroxylation is 2. The molecular weight excluding hydrogens is 238 g/mol. The van der Waals surface area contributed by atoms with Crippen molar-refractivity contribution in [3.8, 4) is 11.3 Å². The Morgan fingerprint density at radius 3 is 2.74 bits per heavy atom. The van der Waals surface area contributed by atoms with Crippen LogP contribution in [0, 0.1) is 6.92 Å². The Morgan fingerprint density at radius 2 is 1.95 bits per heavy atom. The van der Waals surface area contributed by atoms with E-state index in [2.05, 4.69) is 43.4 Å². The summed E-state index contributed by atoms with van der Waals surface area (Å²) in [5.41, 5.74) is 2.99. The van der Waals surface area contributed by atoms with Gasteiger partial charge in [-0.15, -0.1) is 10.2 Å². The zero-order chi connectivity index (χ0) is 13.4. The van der Waals surface area contributed by atoms with Gasteiger partial charge in [-0.2, -0.15) is 0 Å². The molecule has 96 valence electrons. The Bertz CT molecular complexity index is 745. The smallest absolute Gasteiger partial charge is 0.156 e. The Kier molecular flexibility index (Phi) is 2.67. The van der Waals surface area contributed by atoms with Gasteiger partial charge in [-0.05, 0) is 13.0 Å². The van der Waals surface area contributed by atoms with E-state index < -0.39 is 0 Å². The summed E-state index contributed by atoms with van der Waals surface area (Å²) in [4.78, 5) is 4.39. The van der Waals surface area contributed by atoms with E-state index in [1.165, 1.54) is 5.52 Å². The minimum atomic E-state index is 0.660. The normalized spacial score (nSPS) is 10.9. The zero-order valence-corrected chi connectivity index (χ0v) is 11.2. The van der Waals surface area contributed by atoms with Gasteiger partial charge in [-0.1, -0.05) is 18.2 Å². The van der Waals surface area contributed by atoms with Gasteiger partial charge >= 0.3 is 0 Å². The maximum atomic E-state index is 4.39. The second-order valence-corrected chi connectivity index (χ2v) is 4.48. The first-order chi connectivity index (χ1) is 9.20. The van der Waals surface area contributed by atoms with Gasteiger partial charge in [-0.25, -0.2) is 4.98 Å². The molecule has 0 aliphatic rings. The molecule has 0 aliphatic heterocycles. The van der Waals surface area contributed by atoms with Crippen LogP contribution >= 0.6 is 0 Å². The topological polar surface area (TPSA) is 55.6 Å². The first-order valence-corrected chi connectivity index (χ1v) is 6.14. The third kappa shape index (κ3) is 1.83. The van der Waals surface area contributed by atoms with Crippen LogP contribution < -0.4 is 5.32 Å². The number of anilines is 1. The quantitative estimate of drug-likeness (QED) is 0.762. The van der Waals surface area contributed by atoms with E-state index in [1.54, 1.807) is 0 Å². The number of para-hydroxylation sites is 1. The molecule has 0 bridgehead atoms. The van der Waals surface area contributed by atoms with Gasteiger partial charge in [0.25, 0.3) is 0 Å². The van der Waals surface area contributed by atoms with Gasteiger partial charge in [0.2, 0.25) is 0 Å². The first kappa shape index (κ1) is 11.6. The van der Waals surface area contributed by atoms with E-state index >= 15 is 0 Å². The summed E-state index contributed by atoms with van der Waals surface area (Å²) >= 11 is 0. The molecule has 3 rings (SSSR count). The number of rotatable bonds is 2. The molecule has 0 atom stereocenters. The van der Waals surface area contributed by atoms with Crippen LogP contribution in [-0.2, 0) is 7.05 Å². The monoisotopic (exact) mass is 253 g/mol. The Balaban J connectivity index is 2.30. The van der Waals surface area contributed by atoms with Gasteiger partial charge in [0.1, 0.15) is 11.5 Å². The lowest BCUT2D eigenvalue weighted by atomic mass is 10.1. The highest BCUT2D eigenvalue weighted by molar-refractivity contribution is 5.97. The van der Waals surface area contributed by atoms with Crippen molar-refractivity contribution in [2.75, 3.05) is 12.4 Å². The summed E-state index contributed by atoms with van der Waals surface area (Å²) in [5.74, 6) is 1.41. The van der Waals surface area contributed by atoms with E-state index in [9.17, 15) is 0 Å². The van der Waals surface area contributed by atoms with Gasteiger partial charge < -0.3 is 9.88 Å². The lowest BCUT2D eigenvalue weighted by Crippen LogP contribution is -2.02. The summed E-state index contributed by atoms with van der Waals surface area (Å²) in [6.45, 7) is 1.83. The van der Waals surface area contributed by atoms with Crippen LogP contribution in [0.15, 0.2) is 30.5 Å². The summed E-state index contributed by atoms with van der Waals surface area (Å²) in [5, 5.41) is 12.6. The fraction of sp³-hybridized carbons (Fsp3) is 0.214. The second kappa shape index (κ2) is 4.35. The van der Waals surface area contributed by atoms with Crippen molar-refractivity contribution in [3.05, 3.63) is 36.3 Å². The summed E-state index contributed by atoms with van der Waals surface area (Å²) in [6.07, 6.45) is 2.06. The third-order valence-corrected chi connectivity index (χ3v) is 3.18. The fourth-order valence-electron chi connectivity index (χ4n) is 2.29. The van der Waals surface area contributed by atoms with Crippen LogP contribution in [0.3, 0.4) is 0 Å². The fourth-order valence-corrected chi connectivity index (χ4v) is 2.29. The first-order valence-electron chi connectivity index (χ1n) is 6.14. The average Bonchev–Trinajstić information content (AvgIpc) is 2.76. The molecule has 2 heterocycles. The molecular formula is C14H15N5. The van der Waals surface area contributed by atoms with Crippen LogP contribution in [0.25, 0.3) is 22.2 Å². The summed E-state index contributed by atoms with van der Waals surface area (Å²) < 4.78 is 2.09. The number of nitrogens with zero attached hydrogens (tertiary/aromatic N) is 4. The maximum Gasteiger partial charge on any atom is 0.156 e. The molecule has 0 radical (unpaired) electrons. The van der Waals surface area contributed by atoms with E-state index in [0.29, 0.717) is 5.82 Å². The highest BCUT2D eigenvalue weighted by Gasteiger charge is 2.14. The van der Waals surface area contributed by atoms with Gasteiger partial charge in [0, 0.05) is 36.8 Å². The molecule has 5 heteroatoms. The molecule has 19 heavy (non-hydrogen) atoms. The molecule has 0 aliphatic carbocycles. The zero-order valence-electron chi connectivity index (χ0n) is 11.2. The van der Waals surface area contributed by atoms with E-state index in [0.717, 1.165) is 22.5 Å². The lowest BCUT2D eigenvalue weighted by molar-refractivity contribution is 0.914. The number of hydrogen-bond acceptors (Lipinski definition) is 4. The standard InChI is InChI=1S/C14H15N5/c1-9-16-14(15-2)13(18-17-9)11-8-19(3)12-7-5-4-6-10(11)12/h4-8H,1-3H3,(H,15,16,17). The molecule has 0 spiro atoms. The predicted molar refractivity (Wildman–Crippen MR) is 76.0 cm³/mol. The van der Waals surface area contributed by atoms with Gasteiger partial charge in [-0.3, -0.25) is 0 Å². The molecule has 0 amide bonds. The lowest BCUT2D eigenvalue weighted by Gasteiger charge is -2.05. The van der Waals surface area contributed by atoms with E-state index in [-0.39, 0.29) is 0 Å². The van der Waals surface area contributed by atoms with Crippen molar-refractivity contribution in [2.24, 2.45) is 7.05 Å². The molecule has 0 saturated carbocycles. The second-order valence-electron chi connectivity index (χ2n) is 4.48. The minimum Gasteiger partial charge on any atom is -0.371 e. The largest absolute Gasteiger partial charge is 0.371 e. The molecule has 2 aromatic heterocycles. The summed E-state index contributed by atoms with van der Waals surface area (Å²) in [6, 6.07) is 8.24. The van der Waals surface area contributed by atoms with Gasteiger partial charge in [0.05, 0.1) is 0 Å². The van der Waals surface area contributed by atoms with E-state index in [1.807, 2.05) is 33.2 Å². The SMILES string of the molecule is CNc1nc(C)nnc1-c1cn(C)c2ccccc12. The Hall–Kier alpha value is -2.43. The third-order valence-electron chi connectivity index (χ3n) is 3.18. The number of hydrogen-bond donors (Lipinski definition) is 1. The highest BCUT2D eigenvalue weighted by atomic mass is 15.2. The van der Waals surface area contributed by atoms with Gasteiger partial charge in [0.15, 0.2) is 5.82 Å². The van der Waals surface area contributed by atoms with Crippen LogP contribution in [0.4, 0.5) is 5.82 Å². The van der Waals surface area contributed by atoms with Crippen molar-refractivity contribution in [3.63, 3.8) is 0 Å². The van der Waals surface area contributed by atoms with Crippen molar-refractivity contribution >= 4 is 16.7 Å². The van der Waals surface area contributed by atoms with Crippen LogP contribution in [-0.4, -0.2) is 26.8 Å². The highest BCUT2D eigenvalue weighted by Crippen LogP contribution is 2.31. The van der Waals surface area contributed by atoms with Crippen molar-refractivity contribution in [1.29, 1.82) is 0 Å². The average molecular weight is 253 g/mol. The Labute approximate surface area is 111 Å². The molecule has 0 fully saturated rings. The minimum absolute atomic E-state index is 0.660. The van der Waals surface area contributed by atoms with Crippen molar-refractivity contribution in [1.82, 2.24) is 19.7 Å². The summed E-state index contributed by atoms with van der Waals surface area (Å²) in [7, 11) is 3.87. The number of aromatic nitrogens is 4. The molecule has 1 aromatic carbocycles. The molecule has 0 unspecified atom stereocenters. The molecule has 5 nitrogen and oxygen atoms in total. The van der Waals surface area contributed by atoms with E-state index in [4.69, 9.17) is 0 Å². The predicted octanol–water partition coefficient (Wildman–Crippen LogP) is 2.38. The Morgan fingerprint density at radius 1 is 1.16 bits per heavy atom.